The summed E-state index contributed by atoms with van der Waals surface area (Å²) in [7, 11) is 6.02. The zero-order chi connectivity index (χ0) is 42.1. The van der Waals surface area contributed by atoms with Crippen molar-refractivity contribution in [2.75, 3.05) is 41.5 Å². The molecule has 1 fully saturated rings. The molecule has 5 rings (SSSR count). The Morgan fingerprint density at radius 3 is 2.14 bits per heavy atom. The molecular formula is C44H50ClN3O10. The van der Waals surface area contributed by atoms with Crippen molar-refractivity contribution in [1.82, 2.24) is 15.1 Å². The molecule has 1 heterocycles. The molecule has 0 bridgehead atoms. The van der Waals surface area contributed by atoms with Crippen molar-refractivity contribution < 1.29 is 47.6 Å². The highest BCUT2D eigenvalue weighted by atomic mass is 35.5. The molecule has 4 aromatic rings. The summed E-state index contributed by atoms with van der Waals surface area (Å²) >= 11 is 6.37. The highest BCUT2D eigenvalue weighted by molar-refractivity contribution is 6.30. The number of urea groups is 1. The van der Waals surface area contributed by atoms with Crippen molar-refractivity contribution >= 4 is 35.4 Å². The van der Waals surface area contributed by atoms with Gasteiger partial charge >= 0.3 is 12.0 Å². The summed E-state index contributed by atoms with van der Waals surface area (Å²) in [5, 5.41) is 3.32. The van der Waals surface area contributed by atoms with Gasteiger partial charge in [-0.05, 0) is 81.1 Å². The average Bonchev–Trinajstić information content (AvgIpc) is 3.31. The molecule has 1 aliphatic rings. The highest BCUT2D eigenvalue weighted by Crippen LogP contribution is 2.36. The minimum atomic E-state index is -0.888. The molecule has 13 nitrogen and oxygen atoms in total. The fourth-order valence-electron chi connectivity index (χ4n) is 6.56. The topological polar surface area (TPSA) is 142 Å². The Kier molecular flexibility index (Phi) is 14.1. The van der Waals surface area contributed by atoms with Crippen LogP contribution in [-0.4, -0.2) is 80.7 Å². The lowest BCUT2D eigenvalue weighted by Gasteiger charge is -2.26. The Hall–Kier alpha value is -5.95. The number of ether oxygens (including phenoxy) is 6. The van der Waals surface area contributed by atoms with Gasteiger partial charge in [0.2, 0.25) is 11.8 Å². The maximum atomic E-state index is 14.4. The van der Waals surface area contributed by atoms with E-state index in [1.54, 1.807) is 76.2 Å². The number of hydrogen-bond donors (Lipinski definition) is 1. The first-order valence-corrected chi connectivity index (χ1v) is 19.1. The van der Waals surface area contributed by atoms with Crippen LogP contribution in [-0.2, 0) is 33.9 Å². The molecule has 308 valence electrons. The number of carbonyl (C=O) groups is 4. The second-order valence-electron chi connectivity index (χ2n) is 14.8. The molecule has 4 amide bonds. The lowest BCUT2D eigenvalue weighted by molar-refractivity contribution is -0.135. The molecule has 14 heteroatoms. The van der Waals surface area contributed by atoms with E-state index in [2.05, 4.69) is 5.32 Å². The molecule has 1 aliphatic heterocycles. The third kappa shape index (κ3) is 10.7. The van der Waals surface area contributed by atoms with E-state index in [0.29, 0.717) is 44.7 Å². The quantitative estimate of drug-likeness (QED) is 0.128. The summed E-state index contributed by atoms with van der Waals surface area (Å²) in [4.78, 5) is 58.4. The van der Waals surface area contributed by atoms with Crippen LogP contribution in [0, 0.1) is 5.92 Å². The van der Waals surface area contributed by atoms with Crippen LogP contribution >= 0.6 is 11.6 Å². The van der Waals surface area contributed by atoms with Gasteiger partial charge in [0.25, 0.3) is 0 Å². The van der Waals surface area contributed by atoms with Gasteiger partial charge < -0.3 is 38.6 Å². The molecule has 0 spiro atoms. The van der Waals surface area contributed by atoms with Crippen molar-refractivity contribution in [1.29, 1.82) is 0 Å². The van der Waals surface area contributed by atoms with E-state index in [4.69, 9.17) is 40.0 Å². The molecule has 0 saturated carbocycles. The first-order valence-electron chi connectivity index (χ1n) is 18.7. The standard InChI is InChI=1S/C44H50ClN3O10/c1-27(29-14-16-34(42(51)58-44(2,3)4)39(20-29)57-26-28-12-10-9-11-13-28)46-43(52)48-25-40(49)47(24-35-37(55-7)21-33(53-5)22-38(35)56-8)23-31(41(48)50)18-30-19-32(45)15-17-36(30)54-6/h9-17,19-22,27,31H,18,23-26H2,1-8H3,(H,46,52)/t27-,31+/m0/s1. The van der Waals surface area contributed by atoms with Gasteiger partial charge in [-0.25, -0.2) is 9.59 Å². The van der Waals surface area contributed by atoms with E-state index in [9.17, 15) is 19.2 Å². The summed E-state index contributed by atoms with van der Waals surface area (Å²) in [6.07, 6.45) is 0.108. The summed E-state index contributed by atoms with van der Waals surface area (Å²) in [5.74, 6) is -0.409. The van der Waals surface area contributed by atoms with Gasteiger partial charge in [-0.15, -0.1) is 0 Å². The smallest absolute Gasteiger partial charge is 0.342 e. The SMILES string of the molecule is COc1cc(OC)c(CN2C[C@@H](Cc3cc(Cl)ccc3OC)C(=O)N(C(=O)N[C@@H](C)c3ccc(C(=O)OC(C)(C)C)c(OCc4ccccc4)c3)CC2=O)c(OC)c1. The van der Waals surface area contributed by atoms with Crippen molar-refractivity contribution in [3.8, 4) is 28.7 Å². The van der Waals surface area contributed by atoms with Crippen LogP contribution in [0.5, 0.6) is 28.7 Å². The minimum Gasteiger partial charge on any atom is -0.496 e. The second-order valence-corrected chi connectivity index (χ2v) is 15.2. The lowest BCUT2D eigenvalue weighted by atomic mass is 9.96. The molecule has 0 radical (unpaired) electrons. The number of benzene rings is 4. The number of halogens is 1. The van der Waals surface area contributed by atoms with Crippen molar-refractivity contribution in [3.05, 3.63) is 112 Å². The van der Waals surface area contributed by atoms with Crippen LogP contribution in [0.4, 0.5) is 4.79 Å². The predicted octanol–water partition coefficient (Wildman–Crippen LogP) is 7.41. The summed E-state index contributed by atoms with van der Waals surface area (Å²) in [6, 6.07) is 21.4. The number of nitrogens with zero attached hydrogens (tertiary/aromatic N) is 2. The molecule has 1 N–H and O–H groups in total. The summed E-state index contributed by atoms with van der Waals surface area (Å²) in [6.45, 7) is 6.66. The first-order chi connectivity index (χ1) is 27.6. The third-order valence-electron chi connectivity index (χ3n) is 9.52. The largest absolute Gasteiger partial charge is 0.496 e. The van der Waals surface area contributed by atoms with Gasteiger partial charge in [0.05, 0.1) is 52.5 Å². The van der Waals surface area contributed by atoms with E-state index < -0.39 is 47.9 Å². The Morgan fingerprint density at radius 2 is 1.52 bits per heavy atom. The number of esters is 1. The van der Waals surface area contributed by atoms with Crippen LogP contribution in [0.1, 0.15) is 66.3 Å². The van der Waals surface area contributed by atoms with E-state index in [1.165, 1.54) is 33.3 Å². The Labute approximate surface area is 344 Å². The number of rotatable bonds is 14. The second kappa shape index (κ2) is 19.0. The zero-order valence-corrected chi connectivity index (χ0v) is 34.8. The normalized spacial score (nSPS) is 14.9. The van der Waals surface area contributed by atoms with Crippen LogP contribution in [0.3, 0.4) is 0 Å². The maximum Gasteiger partial charge on any atom is 0.342 e. The highest BCUT2D eigenvalue weighted by Gasteiger charge is 2.39. The average molecular weight is 816 g/mol. The maximum absolute atomic E-state index is 14.4. The molecule has 0 unspecified atom stereocenters. The third-order valence-corrected chi connectivity index (χ3v) is 9.76. The number of carbonyl (C=O) groups excluding carboxylic acids is 4. The van der Waals surface area contributed by atoms with Crippen molar-refractivity contribution in [2.45, 2.75) is 58.9 Å². The van der Waals surface area contributed by atoms with Crippen molar-refractivity contribution in [2.24, 2.45) is 5.92 Å². The molecule has 2 atom stereocenters. The summed E-state index contributed by atoms with van der Waals surface area (Å²) < 4.78 is 34.1. The molecule has 1 saturated heterocycles. The first kappa shape index (κ1) is 43.2. The van der Waals surface area contributed by atoms with Gasteiger partial charge in [-0.3, -0.25) is 14.5 Å². The number of hydrogen-bond acceptors (Lipinski definition) is 10. The Balaban J connectivity index is 1.45. The molecular weight excluding hydrogens is 766 g/mol. The van der Waals surface area contributed by atoms with Crippen LogP contribution in [0.2, 0.25) is 5.02 Å². The molecule has 0 aromatic heterocycles. The fraction of sp³-hybridized carbons (Fsp3) is 0.364. The predicted molar refractivity (Wildman–Crippen MR) is 218 cm³/mol. The number of methoxy groups -OCH3 is 4. The van der Waals surface area contributed by atoms with Gasteiger partial charge in [-0.1, -0.05) is 48.0 Å². The van der Waals surface area contributed by atoms with Gasteiger partial charge in [0, 0.05) is 23.7 Å². The number of nitrogens with one attached hydrogen (secondary N) is 1. The number of amides is 4. The van der Waals surface area contributed by atoms with E-state index >= 15 is 0 Å². The van der Waals surface area contributed by atoms with Crippen LogP contribution < -0.4 is 29.0 Å². The lowest BCUT2D eigenvalue weighted by Crippen LogP contribution is -2.48. The molecule has 58 heavy (non-hydrogen) atoms. The zero-order valence-electron chi connectivity index (χ0n) is 34.1. The molecule has 4 aromatic carbocycles. The van der Waals surface area contributed by atoms with Gasteiger partial charge in [0.1, 0.15) is 53.1 Å². The van der Waals surface area contributed by atoms with Gasteiger partial charge in [0.15, 0.2) is 0 Å². The Morgan fingerprint density at radius 1 is 0.845 bits per heavy atom. The minimum absolute atomic E-state index is 0.00719. The van der Waals surface area contributed by atoms with Gasteiger partial charge in [-0.2, -0.15) is 0 Å². The summed E-state index contributed by atoms with van der Waals surface area (Å²) in [5.41, 5.74) is 2.12. The molecule has 0 aliphatic carbocycles. The van der Waals surface area contributed by atoms with Crippen LogP contribution in [0.15, 0.2) is 78.9 Å². The van der Waals surface area contributed by atoms with Crippen LogP contribution in [0.25, 0.3) is 0 Å². The van der Waals surface area contributed by atoms with E-state index in [0.717, 1.165) is 10.5 Å². The van der Waals surface area contributed by atoms with E-state index in [1.807, 2.05) is 30.3 Å². The monoisotopic (exact) mass is 815 g/mol. The fourth-order valence-corrected chi connectivity index (χ4v) is 6.76. The van der Waals surface area contributed by atoms with E-state index in [-0.39, 0.29) is 37.4 Å². The Bertz CT molecular complexity index is 2100. The van der Waals surface area contributed by atoms with Crippen molar-refractivity contribution in [3.63, 3.8) is 0 Å². The number of imide groups is 1.